The molecule has 1 aromatic rings. The molecule has 0 bridgehead atoms. The van der Waals surface area contributed by atoms with E-state index in [0.717, 1.165) is 25.7 Å². The van der Waals surface area contributed by atoms with Crippen LogP contribution in [0.4, 0.5) is 5.69 Å². The molecule has 0 aromatic heterocycles. The van der Waals surface area contributed by atoms with Crippen LogP contribution in [0.3, 0.4) is 0 Å². The fourth-order valence-electron chi connectivity index (χ4n) is 2.90. The second kappa shape index (κ2) is 13.5. The molecule has 0 aliphatic heterocycles. The molecule has 0 unspecified atom stereocenters. The zero-order chi connectivity index (χ0) is 23.3. The average Bonchev–Trinajstić information content (AvgIpc) is 2.66. The monoisotopic (exact) mass is 474 g/mol. The number of nitrogens with one attached hydrogen (secondary N) is 2. The number of sulfone groups is 2. The molecule has 0 fully saturated rings. The highest BCUT2D eigenvalue weighted by Crippen LogP contribution is 2.11. The van der Waals surface area contributed by atoms with Gasteiger partial charge in [0.05, 0.1) is 11.5 Å². The molecule has 0 atom stereocenters. The normalized spacial score (nSPS) is 11.8. The van der Waals surface area contributed by atoms with Crippen molar-refractivity contribution in [1.82, 2.24) is 5.32 Å². The minimum atomic E-state index is -3.46. The molecule has 0 aliphatic rings. The maximum absolute atomic E-state index is 12.1. The van der Waals surface area contributed by atoms with E-state index in [1.165, 1.54) is 0 Å². The van der Waals surface area contributed by atoms with Crippen molar-refractivity contribution in [3.05, 3.63) is 29.8 Å². The summed E-state index contributed by atoms with van der Waals surface area (Å²) in [4.78, 5) is 24.0. The Labute approximate surface area is 186 Å². The van der Waals surface area contributed by atoms with Crippen LogP contribution in [0.2, 0.25) is 0 Å². The van der Waals surface area contributed by atoms with Gasteiger partial charge in [0.2, 0.25) is 11.8 Å². The molecule has 2 amide bonds. The molecule has 10 heteroatoms. The number of hydrogen-bond donors (Lipinski definition) is 2. The van der Waals surface area contributed by atoms with Crippen LogP contribution in [0.15, 0.2) is 24.3 Å². The Kier molecular flexibility index (Phi) is 11.8. The van der Waals surface area contributed by atoms with Crippen molar-refractivity contribution >= 4 is 37.2 Å². The molecule has 0 saturated carbocycles. The zero-order valence-corrected chi connectivity index (χ0v) is 20.0. The molecule has 0 heterocycles. The third kappa shape index (κ3) is 12.5. The Morgan fingerprint density at radius 2 is 1.35 bits per heavy atom. The first-order chi connectivity index (χ1) is 14.6. The van der Waals surface area contributed by atoms with E-state index in [1.54, 1.807) is 24.3 Å². The first kappa shape index (κ1) is 27.1. The second-order valence-electron chi connectivity index (χ2n) is 7.62. The highest BCUT2D eigenvalue weighted by atomic mass is 32.2. The fourth-order valence-corrected chi connectivity index (χ4v) is 5.45. The lowest BCUT2D eigenvalue weighted by Gasteiger charge is -2.10. The van der Waals surface area contributed by atoms with Gasteiger partial charge < -0.3 is 10.6 Å². The van der Waals surface area contributed by atoms with Crippen LogP contribution in [0.1, 0.15) is 57.9 Å². The van der Waals surface area contributed by atoms with Gasteiger partial charge in [0.1, 0.15) is 11.5 Å². The van der Waals surface area contributed by atoms with E-state index in [9.17, 15) is 26.4 Å². The van der Waals surface area contributed by atoms with Gasteiger partial charge in [-0.1, -0.05) is 51.7 Å². The molecule has 0 saturated heterocycles. The molecular weight excluding hydrogens is 440 g/mol. The summed E-state index contributed by atoms with van der Waals surface area (Å²) >= 11 is 0. The highest BCUT2D eigenvalue weighted by molar-refractivity contribution is 7.92. The van der Waals surface area contributed by atoms with E-state index in [4.69, 9.17) is 0 Å². The van der Waals surface area contributed by atoms with Crippen molar-refractivity contribution in [2.24, 2.45) is 0 Å². The SMILES string of the molecule is CCCCCS(=O)(=O)CC(=O)NCc1cccc(NC(=O)CS(=O)(=O)CCCCC)c1. The summed E-state index contributed by atoms with van der Waals surface area (Å²) in [6.07, 6.45) is 4.49. The van der Waals surface area contributed by atoms with E-state index >= 15 is 0 Å². The number of anilines is 1. The van der Waals surface area contributed by atoms with Crippen LogP contribution in [-0.2, 0) is 35.8 Å². The van der Waals surface area contributed by atoms with Crippen LogP contribution >= 0.6 is 0 Å². The molecule has 1 rings (SSSR count). The molecule has 0 radical (unpaired) electrons. The largest absolute Gasteiger partial charge is 0.351 e. The van der Waals surface area contributed by atoms with Crippen molar-refractivity contribution in [2.75, 3.05) is 28.3 Å². The van der Waals surface area contributed by atoms with Crippen LogP contribution in [0, 0.1) is 0 Å². The molecule has 2 N–H and O–H groups in total. The Morgan fingerprint density at radius 1 is 0.806 bits per heavy atom. The van der Waals surface area contributed by atoms with Gasteiger partial charge in [0, 0.05) is 12.2 Å². The summed E-state index contributed by atoms with van der Waals surface area (Å²) in [6, 6.07) is 6.60. The van der Waals surface area contributed by atoms with Gasteiger partial charge >= 0.3 is 0 Å². The van der Waals surface area contributed by atoms with Gasteiger partial charge in [-0.3, -0.25) is 9.59 Å². The number of rotatable bonds is 15. The Bertz CT molecular complexity index is 927. The lowest BCUT2D eigenvalue weighted by molar-refractivity contribution is -0.118. The molecule has 176 valence electrons. The zero-order valence-electron chi connectivity index (χ0n) is 18.4. The van der Waals surface area contributed by atoms with Crippen molar-refractivity contribution in [3.8, 4) is 0 Å². The Hall–Kier alpha value is -1.94. The van der Waals surface area contributed by atoms with E-state index in [-0.39, 0.29) is 18.1 Å². The Balaban J connectivity index is 2.54. The smallest absolute Gasteiger partial charge is 0.239 e. The maximum Gasteiger partial charge on any atom is 0.239 e. The van der Waals surface area contributed by atoms with Crippen LogP contribution in [0.5, 0.6) is 0 Å². The summed E-state index contributed by atoms with van der Waals surface area (Å²) in [6.45, 7) is 4.05. The van der Waals surface area contributed by atoms with Crippen molar-refractivity contribution in [3.63, 3.8) is 0 Å². The topological polar surface area (TPSA) is 126 Å². The summed E-state index contributed by atoms with van der Waals surface area (Å²) in [5, 5.41) is 5.12. The number of amides is 2. The fraction of sp³-hybridized carbons (Fsp3) is 0.619. The minimum absolute atomic E-state index is 0.00285. The van der Waals surface area contributed by atoms with E-state index < -0.39 is 43.0 Å². The highest BCUT2D eigenvalue weighted by Gasteiger charge is 2.17. The summed E-state index contributed by atoms with van der Waals surface area (Å²) in [5.41, 5.74) is 1.06. The molecule has 31 heavy (non-hydrogen) atoms. The average molecular weight is 475 g/mol. The third-order valence-corrected chi connectivity index (χ3v) is 7.75. The van der Waals surface area contributed by atoms with Gasteiger partial charge in [-0.2, -0.15) is 0 Å². The van der Waals surface area contributed by atoms with E-state index in [1.807, 2.05) is 13.8 Å². The van der Waals surface area contributed by atoms with Gasteiger partial charge in [0.25, 0.3) is 0 Å². The first-order valence-corrected chi connectivity index (χ1v) is 14.3. The molecular formula is C21H34N2O6S2. The quantitative estimate of drug-likeness (QED) is 0.376. The van der Waals surface area contributed by atoms with Crippen molar-refractivity contribution in [2.45, 2.75) is 58.9 Å². The molecule has 0 spiro atoms. The van der Waals surface area contributed by atoms with Crippen LogP contribution in [0.25, 0.3) is 0 Å². The van der Waals surface area contributed by atoms with E-state index in [0.29, 0.717) is 24.1 Å². The first-order valence-electron chi connectivity index (χ1n) is 10.6. The molecule has 8 nitrogen and oxygen atoms in total. The van der Waals surface area contributed by atoms with Crippen LogP contribution < -0.4 is 10.6 Å². The number of carbonyl (C=O) groups excluding carboxylic acids is 2. The second-order valence-corrected chi connectivity index (χ2v) is 12.0. The van der Waals surface area contributed by atoms with Gasteiger partial charge in [-0.15, -0.1) is 0 Å². The standard InChI is InChI=1S/C21H34N2O6S2/c1-3-5-7-12-30(26,27)16-20(24)22-15-18-10-9-11-19(14-18)23-21(25)17-31(28,29)13-8-6-4-2/h9-11,14H,3-8,12-13,15-17H2,1-2H3,(H,22,24)(H,23,25). The van der Waals surface area contributed by atoms with Crippen molar-refractivity contribution < 1.29 is 26.4 Å². The van der Waals surface area contributed by atoms with Crippen molar-refractivity contribution in [1.29, 1.82) is 0 Å². The summed E-state index contributed by atoms with van der Waals surface area (Å²) in [7, 11) is -6.89. The number of hydrogen-bond acceptors (Lipinski definition) is 6. The number of unbranched alkanes of at least 4 members (excludes halogenated alkanes) is 4. The predicted octanol–water partition coefficient (Wildman–Crippen LogP) is 2.45. The number of carbonyl (C=O) groups is 2. The lowest BCUT2D eigenvalue weighted by Crippen LogP contribution is -2.31. The lowest BCUT2D eigenvalue weighted by atomic mass is 10.2. The predicted molar refractivity (Wildman–Crippen MR) is 123 cm³/mol. The minimum Gasteiger partial charge on any atom is -0.351 e. The summed E-state index contributed by atoms with van der Waals surface area (Å²) in [5.74, 6) is -2.34. The number of benzene rings is 1. The van der Waals surface area contributed by atoms with Gasteiger partial charge in [0.15, 0.2) is 19.7 Å². The van der Waals surface area contributed by atoms with Gasteiger partial charge in [-0.05, 0) is 30.5 Å². The third-order valence-electron chi connectivity index (χ3n) is 4.52. The van der Waals surface area contributed by atoms with E-state index in [2.05, 4.69) is 10.6 Å². The van der Waals surface area contributed by atoms with Gasteiger partial charge in [-0.25, -0.2) is 16.8 Å². The summed E-state index contributed by atoms with van der Waals surface area (Å²) < 4.78 is 47.9. The Morgan fingerprint density at radius 3 is 1.90 bits per heavy atom. The molecule has 0 aliphatic carbocycles. The van der Waals surface area contributed by atoms with Crippen LogP contribution in [-0.4, -0.2) is 51.7 Å². The molecule has 1 aromatic carbocycles. The maximum atomic E-state index is 12.1.